The van der Waals surface area contributed by atoms with Crippen LogP contribution in [0, 0.1) is 6.92 Å². The average molecular weight is 489 g/mol. The maximum atomic E-state index is 13.9. The van der Waals surface area contributed by atoms with Gasteiger partial charge in [0.1, 0.15) is 5.82 Å². The van der Waals surface area contributed by atoms with Crippen LogP contribution in [0.4, 0.5) is 18.9 Å². The molecular formula is C25H27F3N4O3. The summed E-state index contributed by atoms with van der Waals surface area (Å²) in [5, 5.41) is 3.13. The van der Waals surface area contributed by atoms with Crippen molar-refractivity contribution in [1.29, 1.82) is 0 Å². The van der Waals surface area contributed by atoms with Gasteiger partial charge in [-0.15, -0.1) is 0 Å². The van der Waals surface area contributed by atoms with Crippen LogP contribution in [0.25, 0.3) is 10.9 Å². The van der Waals surface area contributed by atoms with Crippen LogP contribution in [0.1, 0.15) is 54.1 Å². The Bertz CT molecular complexity index is 1290. The van der Waals surface area contributed by atoms with Crippen molar-refractivity contribution in [3.05, 3.63) is 69.3 Å². The van der Waals surface area contributed by atoms with E-state index in [0.29, 0.717) is 24.3 Å². The monoisotopic (exact) mass is 488 g/mol. The van der Waals surface area contributed by atoms with Crippen molar-refractivity contribution in [1.82, 2.24) is 14.9 Å². The zero-order valence-corrected chi connectivity index (χ0v) is 19.9. The van der Waals surface area contributed by atoms with Gasteiger partial charge in [0.05, 0.1) is 28.7 Å². The molecule has 10 heteroatoms. The lowest BCUT2D eigenvalue weighted by atomic mass is 9.98. The molecule has 0 unspecified atom stereocenters. The predicted molar refractivity (Wildman–Crippen MR) is 126 cm³/mol. The number of aryl methyl sites for hydroxylation is 1. The zero-order valence-electron chi connectivity index (χ0n) is 19.9. The fourth-order valence-corrected chi connectivity index (χ4v) is 4.49. The second-order valence-electron chi connectivity index (χ2n) is 9.02. The van der Waals surface area contributed by atoms with Crippen LogP contribution in [0.5, 0.6) is 0 Å². The molecule has 1 aliphatic heterocycles. The highest BCUT2D eigenvalue weighted by Gasteiger charge is 2.35. The summed E-state index contributed by atoms with van der Waals surface area (Å²) >= 11 is 0. The van der Waals surface area contributed by atoms with Crippen LogP contribution in [0.15, 0.2) is 41.2 Å². The molecular weight excluding hydrogens is 461 g/mol. The summed E-state index contributed by atoms with van der Waals surface area (Å²) in [4.78, 5) is 33.5. The SMILES string of the molecule is Cc1nc2cc(C(F)(F)F)c([C@H](C)Nc3ccc(C(=O)N4C[C@@H](C)O[C@H](C)C4)cc3)cc2c(=O)[nH]1. The number of ether oxygens (including phenoxy) is 1. The maximum Gasteiger partial charge on any atom is 0.416 e. The Morgan fingerprint density at radius 3 is 2.40 bits per heavy atom. The molecule has 0 radical (unpaired) electrons. The van der Waals surface area contributed by atoms with Gasteiger partial charge in [-0.1, -0.05) is 0 Å². The van der Waals surface area contributed by atoms with Crippen LogP contribution in [-0.4, -0.2) is 46.1 Å². The minimum absolute atomic E-state index is 0.0101. The molecule has 1 aromatic heterocycles. The van der Waals surface area contributed by atoms with E-state index < -0.39 is 23.3 Å². The van der Waals surface area contributed by atoms with E-state index in [1.54, 1.807) is 36.1 Å². The lowest BCUT2D eigenvalue weighted by molar-refractivity contribution is -0.138. The van der Waals surface area contributed by atoms with Gasteiger partial charge in [0.15, 0.2) is 0 Å². The van der Waals surface area contributed by atoms with Crippen molar-refractivity contribution < 1.29 is 22.7 Å². The number of anilines is 1. The lowest BCUT2D eigenvalue weighted by Crippen LogP contribution is -2.48. The molecule has 0 saturated carbocycles. The minimum atomic E-state index is -4.62. The first-order chi connectivity index (χ1) is 16.4. The highest BCUT2D eigenvalue weighted by atomic mass is 19.4. The van der Waals surface area contributed by atoms with Gasteiger partial charge in [0.25, 0.3) is 11.5 Å². The smallest absolute Gasteiger partial charge is 0.379 e. The number of nitrogens with one attached hydrogen (secondary N) is 2. The number of aromatic nitrogens is 2. The topological polar surface area (TPSA) is 87.3 Å². The van der Waals surface area contributed by atoms with Crippen LogP contribution in [0.2, 0.25) is 0 Å². The molecule has 2 aromatic carbocycles. The number of fused-ring (bicyclic) bond motifs is 1. The second kappa shape index (κ2) is 9.33. The van der Waals surface area contributed by atoms with Gasteiger partial charge >= 0.3 is 6.18 Å². The van der Waals surface area contributed by atoms with Gasteiger partial charge in [-0.2, -0.15) is 13.2 Å². The summed E-state index contributed by atoms with van der Waals surface area (Å²) in [6.45, 7) is 7.92. The minimum Gasteiger partial charge on any atom is -0.379 e. The van der Waals surface area contributed by atoms with Crippen LogP contribution in [0.3, 0.4) is 0 Å². The fraction of sp³-hybridized carbons (Fsp3) is 0.400. The molecule has 3 aromatic rings. The van der Waals surface area contributed by atoms with E-state index in [9.17, 15) is 22.8 Å². The number of aromatic amines is 1. The number of benzene rings is 2. The highest BCUT2D eigenvalue weighted by molar-refractivity contribution is 5.94. The molecule has 1 saturated heterocycles. The molecule has 35 heavy (non-hydrogen) atoms. The molecule has 1 fully saturated rings. The van der Waals surface area contributed by atoms with Crippen molar-refractivity contribution in [2.75, 3.05) is 18.4 Å². The highest BCUT2D eigenvalue weighted by Crippen LogP contribution is 2.37. The largest absolute Gasteiger partial charge is 0.416 e. The number of alkyl halides is 3. The molecule has 2 N–H and O–H groups in total. The number of rotatable bonds is 4. The van der Waals surface area contributed by atoms with E-state index in [0.717, 1.165) is 6.07 Å². The number of H-pyrrole nitrogens is 1. The standard InChI is InChI=1S/C25H27F3N4O3/c1-13-11-32(12-14(2)35-13)24(34)17-5-7-18(8-6-17)29-15(3)19-9-20-22(10-21(19)25(26,27)28)30-16(4)31-23(20)33/h5-10,13-15,29H,11-12H2,1-4H3,(H,30,31,33)/t13-,14-,15+/m1/s1. The summed E-state index contributed by atoms with van der Waals surface area (Å²) in [5.41, 5.74) is -0.406. The van der Waals surface area contributed by atoms with E-state index in [4.69, 9.17) is 4.74 Å². The summed E-state index contributed by atoms with van der Waals surface area (Å²) < 4.78 is 47.2. The summed E-state index contributed by atoms with van der Waals surface area (Å²) in [6, 6.07) is 7.97. The van der Waals surface area contributed by atoms with E-state index >= 15 is 0 Å². The molecule has 1 amide bonds. The van der Waals surface area contributed by atoms with Gasteiger partial charge in [-0.05, 0) is 69.7 Å². The Balaban J connectivity index is 1.59. The Hall–Kier alpha value is -3.40. The predicted octanol–water partition coefficient (Wildman–Crippen LogP) is 4.67. The van der Waals surface area contributed by atoms with E-state index in [2.05, 4.69) is 15.3 Å². The number of hydrogen-bond acceptors (Lipinski definition) is 5. The van der Waals surface area contributed by atoms with Gasteiger partial charge in [0, 0.05) is 30.4 Å². The van der Waals surface area contributed by atoms with E-state index in [-0.39, 0.29) is 40.4 Å². The van der Waals surface area contributed by atoms with Crippen LogP contribution < -0.4 is 10.9 Å². The average Bonchev–Trinajstić information content (AvgIpc) is 2.77. The number of morpholine rings is 1. The molecule has 0 spiro atoms. The Morgan fingerprint density at radius 1 is 1.17 bits per heavy atom. The molecule has 186 valence electrons. The third-order valence-electron chi connectivity index (χ3n) is 5.99. The van der Waals surface area contributed by atoms with Crippen LogP contribution in [-0.2, 0) is 10.9 Å². The lowest BCUT2D eigenvalue weighted by Gasteiger charge is -2.35. The molecule has 7 nitrogen and oxygen atoms in total. The molecule has 0 aliphatic carbocycles. The third-order valence-corrected chi connectivity index (χ3v) is 5.99. The number of hydrogen-bond donors (Lipinski definition) is 2. The zero-order chi connectivity index (χ0) is 25.5. The second-order valence-corrected chi connectivity index (χ2v) is 9.02. The Morgan fingerprint density at radius 2 is 1.80 bits per heavy atom. The normalized spacial score (nSPS) is 19.6. The number of carbonyl (C=O) groups is 1. The van der Waals surface area contributed by atoms with Gasteiger partial charge in [-0.25, -0.2) is 4.98 Å². The Labute approximate surface area is 200 Å². The van der Waals surface area contributed by atoms with Crippen LogP contribution >= 0.6 is 0 Å². The van der Waals surface area contributed by atoms with E-state index in [1.165, 1.54) is 13.0 Å². The molecule has 1 aliphatic rings. The molecule has 4 rings (SSSR count). The summed E-state index contributed by atoms with van der Waals surface area (Å²) in [5.74, 6) is 0.118. The van der Waals surface area contributed by atoms with Crippen molar-refractivity contribution >= 4 is 22.5 Å². The summed E-state index contributed by atoms with van der Waals surface area (Å²) in [6.07, 6.45) is -4.73. The number of carbonyl (C=O) groups excluding carboxylic acids is 1. The van der Waals surface area contributed by atoms with Crippen molar-refractivity contribution in [2.24, 2.45) is 0 Å². The number of amides is 1. The molecule has 2 heterocycles. The quantitative estimate of drug-likeness (QED) is 0.557. The first-order valence-corrected chi connectivity index (χ1v) is 11.4. The van der Waals surface area contributed by atoms with Gasteiger partial charge in [0.2, 0.25) is 0 Å². The fourth-order valence-electron chi connectivity index (χ4n) is 4.49. The Kier molecular flexibility index (Phi) is 6.59. The van der Waals surface area contributed by atoms with Crippen molar-refractivity contribution in [2.45, 2.75) is 52.1 Å². The van der Waals surface area contributed by atoms with E-state index in [1.807, 2.05) is 13.8 Å². The number of nitrogens with zero attached hydrogens (tertiary/aromatic N) is 2. The number of halogens is 3. The maximum absolute atomic E-state index is 13.9. The van der Waals surface area contributed by atoms with Gasteiger partial charge < -0.3 is 19.9 Å². The van der Waals surface area contributed by atoms with Crippen molar-refractivity contribution in [3.8, 4) is 0 Å². The molecule has 3 atom stereocenters. The van der Waals surface area contributed by atoms with Crippen molar-refractivity contribution in [3.63, 3.8) is 0 Å². The summed E-state index contributed by atoms with van der Waals surface area (Å²) in [7, 11) is 0. The third kappa shape index (κ3) is 5.32. The first-order valence-electron chi connectivity index (χ1n) is 11.4. The molecule has 0 bridgehead atoms. The first kappa shape index (κ1) is 24.7. The van der Waals surface area contributed by atoms with Gasteiger partial charge in [-0.3, -0.25) is 9.59 Å².